The van der Waals surface area contributed by atoms with Gasteiger partial charge in [0.15, 0.2) is 0 Å². The molecule has 0 aromatic carbocycles. The van der Waals surface area contributed by atoms with Crippen LogP contribution in [0.15, 0.2) is 16.7 Å². The number of nitrogens with zero attached hydrogens (tertiary/aromatic N) is 2. The summed E-state index contributed by atoms with van der Waals surface area (Å²) < 4.78 is 6.36. The lowest BCUT2D eigenvalue weighted by Gasteiger charge is -2.26. The van der Waals surface area contributed by atoms with Crippen LogP contribution in [0.2, 0.25) is 0 Å². The highest BCUT2D eigenvalue weighted by molar-refractivity contribution is 9.10. The summed E-state index contributed by atoms with van der Waals surface area (Å²) in [7, 11) is 0. The van der Waals surface area contributed by atoms with E-state index in [0.717, 1.165) is 56.1 Å². The molecule has 5 heteroatoms. The number of anilines is 1. The summed E-state index contributed by atoms with van der Waals surface area (Å²) in [5, 5.41) is 3.36. The van der Waals surface area contributed by atoms with Gasteiger partial charge in [-0.25, -0.2) is 4.98 Å². The van der Waals surface area contributed by atoms with Crippen molar-refractivity contribution >= 4 is 21.7 Å². The van der Waals surface area contributed by atoms with E-state index >= 15 is 0 Å². The fourth-order valence-corrected chi connectivity index (χ4v) is 2.60. The summed E-state index contributed by atoms with van der Waals surface area (Å²) in [5.41, 5.74) is 1.17. The van der Waals surface area contributed by atoms with Crippen LogP contribution < -0.4 is 5.32 Å². The zero-order chi connectivity index (χ0) is 12.8. The van der Waals surface area contributed by atoms with E-state index in [1.165, 1.54) is 5.56 Å². The van der Waals surface area contributed by atoms with Gasteiger partial charge in [-0.1, -0.05) is 0 Å². The molecule has 0 radical (unpaired) electrons. The number of rotatable bonds is 5. The third-order valence-corrected chi connectivity index (χ3v) is 3.63. The molecule has 0 atom stereocenters. The van der Waals surface area contributed by atoms with E-state index in [1.807, 2.05) is 13.1 Å². The molecule has 0 spiro atoms. The van der Waals surface area contributed by atoms with Crippen LogP contribution >= 0.6 is 15.9 Å². The van der Waals surface area contributed by atoms with Crippen molar-refractivity contribution in [1.82, 2.24) is 9.88 Å². The Bertz CT molecular complexity index is 380. The summed E-state index contributed by atoms with van der Waals surface area (Å²) in [5.74, 6) is 0.933. The monoisotopic (exact) mass is 313 g/mol. The molecule has 2 rings (SSSR count). The quantitative estimate of drug-likeness (QED) is 0.846. The Morgan fingerprint density at radius 1 is 1.44 bits per heavy atom. The molecule has 1 aliphatic heterocycles. The molecule has 1 saturated heterocycles. The van der Waals surface area contributed by atoms with Gasteiger partial charge in [0.1, 0.15) is 5.82 Å². The average Bonchev–Trinajstić information content (AvgIpc) is 2.38. The number of nitrogens with one attached hydrogen (secondary N) is 1. The number of hydrogen-bond acceptors (Lipinski definition) is 4. The average molecular weight is 314 g/mol. The van der Waals surface area contributed by atoms with Gasteiger partial charge in [-0.2, -0.15) is 0 Å². The summed E-state index contributed by atoms with van der Waals surface area (Å²) in [4.78, 5) is 6.82. The van der Waals surface area contributed by atoms with E-state index in [-0.39, 0.29) is 0 Å². The third-order valence-electron chi connectivity index (χ3n) is 3.03. The molecular weight excluding hydrogens is 294 g/mol. The smallest absolute Gasteiger partial charge is 0.140 e. The van der Waals surface area contributed by atoms with Gasteiger partial charge < -0.3 is 10.1 Å². The molecule has 2 heterocycles. The molecular formula is C13H20BrN3O. The van der Waals surface area contributed by atoms with Crippen molar-refractivity contribution in [2.75, 3.05) is 44.7 Å². The first kappa shape index (κ1) is 13.8. The van der Waals surface area contributed by atoms with Gasteiger partial charge in [0.05, 0.1) is 17.7 Å². The highest BCUT2D eigenvalue weighted by Crippen LogP contribution is 2.20. The molecule has 1 aromatic heterocycles. The molecule has 0 aliphatic carbocycles. The molecule has 1 N–H and O–H groups in total. The van der Waals surface area contributed by atoms with Crippen LogP contribution in [0.5, 0.6) is 0 Å². The van der Waals surface area contributed by atoms with Crippen molar-refractivity contribution in [1.29, 1.82) is 0 Å². The van der Waals surface area contributed by atoms with Gasteiger partial charge in [-0.15, -0.1) is 0 Å². The van der Waals surface area contributed by atoms with Crippen LogP contribution in [0.1, 0.15) is 12.0 Å². The van der Waals surface area contributed by atoms with E-state index in [0.29, 0.717) is 0 Å². The van der Waals surface area contributed by atoms with E-state index in [2.05, 4.69) is 37.2 Å². The number of morpholine rings is 1. The fraction of sp³-hybridized carbons (Fsp3) is 0.615. The van der Waals surface area contributed by atoms with Crippen molar-refractivity contribution in [2.24, 2.45) is 0 Å². The van der Waals surface area contributed by atoms with Crippen molar-refractivity contribution in [3.8, 4) is 0 Å². The standard InChI is InChI=1S/C13H20BrN3O/c1-11-9-12(14)13(16-10-11)15-3-2-4-17-5-7-18-8-6-17/h9-10H,2-8H2,1H3,(H,15,16). The minimum absolute atomic E-state index is 0.874. The van der Waals surface area contributed by atoms with Crippen LogP contribution in [-0.2, 0) is 4.74 Å². The second-order valence-corrected chi connectivity index (χ2v) is 5.43. The number of halogens is 1. The number of ether oxygens (including phenoxy) is 1. The first-order valence-electron chi connectivity index (χ1n) is 6.42. The molecule has 18 heavy (non-hydrogen) atoms. The lowest BCUT2D eigenvalue weighted by atomic mass is 10.3. The minimum atomic E-state index is 0.874. The Hall–Kier alpha value is -0.650. The molecule has 1 aromatic rings. The summed E-state index contributed by atoms with van der Waals surface area (Å²) in [6.45, 7) is 7.99. The van der Waals surface area contributed by atoms with Gasteiger partial charge in [0, 0.05) is 25.8 Å². The molecule has 1 aliphatic rings. The Morgan fingerprint density at radius 3 is 2.94 bits per heavy atom. The summed E-state index contributed by atoms with van der Waals surface area (Å²) >= 11 is 3.52. The number of hydrogen-bond donors (Lipinski definition) is 1. The lowest BCUT2D eigenvalue weighted by molar-refractivity contribution is 0.0378. The van der Waals surface area contributed by atoms with Gasteiger partial charge >= 0.3 is 0 Å². The Balaban J connectivity index is 1.68. The second kappa shape index (κ2) is 7.07. The predicted octanol–water partition coefficient (Wildman–Crippen LogP) is 2.29. The van der Waals surface area contributed by atoms with Crippen LogP contribution in [0, 0.1) is 6.92 Å². The number of aryl methyl sites for hydroxylation is 1. The normalized spacial score (nSPS) is 16.8. The van der Waals surface area contributed by atoms with Gasteiger partial charge in [-0.3, -0.25) is 4.90 Å². The van der Waals surface area contributed by atoms with Crippen molar-refractivity contribution in [2.45, 2.75) is 13.3 Å². The maximum absolute atomic E-state index is 5.33. The van der Waals surface area contributed by atoms with E-state index in [9.17, 15) is 0 Å². The number of aromatic nitrogens is 1. The zero-order valence-electron chi connectivity index (χ0n) is 10.8. The summed E-state index contributed by atoms with van der Waals surface area (Å²) in [6, 6.07) is 2.08. The van der Waals surface area contributed by atoms with E-state index in [1.54, 1.807) is 0 Å². The molecule has 1 fully saturated rings. The largest absolute Gasteiger partial charge is 0.379 e. The maximum Gasteiger partial charge on any atom is 0.140 e. The van der Waals surface area contributed by atoms with Crippen LogP contribution in [0.25, 0.3) is 0 Å². The van der Waals surface area contributed by atoms with Crippen molar-refractivity contribution < 1.29 is 4.74 Å². The molecule has 100 valence electrons. The Labute approximate surface area is 117 Å². The Morgan fingerprint density at radius 2 is 2.22 bits per heavy atom. The van der Waals surface area contributed by atoms with Crippen LogP contribution in [-0.4, -0.2) is 49.3 Å². The minimum Gasteiger partial charge on any atom is -0.379 e. The van der Waals surface area contributed by atoms with E-state index < -0.39 is 0 Å². The second-order valence-electron chi connectivity index (χ2n) is 4.58. The van der Waals surface area contributed by atoms with Gasteiger partial charge in [0.2, 0.25) is 0 Å². The van der Waals surface area contributed by atoms with Gasteiger partial charge in [0.25, 0.3) is 0 Å². The first-order chi connectivity index (χ1) is 8.75. The molecule has 0 bridgehead atoms. The van der Waals surface area contributed by atoms with Crippen LogP contribution in [0.3, 0.4) is 0 Å². The van der Waals surface area contributed by atoms with Crippen LogP contribution in [0.4, 0.5) is 5.82 Å². The van der Waals surface area contributed by atoms with E-state index in [4.69, 9.17) is 4.74 Å². The Kier molecular flexibility index (Phi) is 5.41. The van der Waals surface area contributed by atoms with Crippen molar-refractivity contribution in [3.63, 3.8) is 0 Å². The topological polar surface area (TPSA) is 37.4 Å². The molecule has 0 unspecified atom stereocenters. The third kappa shape index (κ3) is 4.23. The fourth-order valence-electron chi connectivity index (χ4n) is 2.00. The first-order valence-corrected chi connectivity index (χ1v) is 7.21. The highest BCUT2D eigenvalue weighted by Gasteiger charge is 2.09. The van der Waals surface area contributed by atoms with Crippen molar-refractivity contribution in [3.05, 3.63) is 22.3 Å². The predicted molar refractivity (Wildman–Crippen MR) is 77.0 cm³/mol. The molecule has 0 amide bonds. The summed E-state index contributed by atoms with van der Waals surface area (Å²) in [6.07, 6.45) is 3.01. The molecule has 0 saturated carbocycles. The lowest BCUT2D eigenvalue weighted by Crippen LogP contribution is -2.37. The highest BCUT2D eigenvalue weighted by atomic mass is 79.9. The molecule has 4 nitrogen and oxygen atoms in total. The van der Waals surface area contributed by atoms with Gasteiger partial charge in [-0.05, 0) is 47.4 Å². The maximum atomic E-state index is 5.33. The zero-order valence-corrected chi connectivity index (χ0v) is 12.4. The number of pyridine rings is 1. The SMILES string of the molecule is Cc1cnc(NCCCN2CCOCC2)c(Br)c1.